The molecule has 15 heavy (non-hydrogen) atoms. The lowest BCUT2D eigenvalue weighted by Gasteiger charge is -2.09. The van der Waals surface area contributed by atoms with Crippen LogP contribution in [-0.4, -0.2) is 14.3 Å². The normalized spacial score (nSPS) is 21.4. The molecule has 3 rings (SSSR count). The van der Waals surface area contributed by atoms with Crippen LogP contribution in [0.25, 0.3) is 0 Å². The molecule has 0 atom stereocenters. The van der Waals surface area contributed by atoms with Crippen molar-refractivity contribution in [1.82, 2.24) is 14.3 Å². The van der Waals surface area contributed by atoms with Crippen LogP contribution < -0.4 is 5.69 Å². The summed E-state index contributed by atoms with van der Waals surface area (Å²) in [5.74, 6) is 1.43. The molecule has 0 radical (unpaired) electrons. The van der Waals surface area contributed by atoms with Crippen LogP contribution >= 0.6 is 0 Å². The zero-order chi connectivity index (χ0) is 10.4. The number of hydrogen-bond donors (Lipinski definition) is 0. The van der Waals surface area contributed by atoms with E-state index in [0.717, 1.165) is 31.5 Å². The van der Waals surface area contributed by atoms with Gasteiger partial charge in [-0.1, -0.05) is 12.2 Å². The maximum atomic E-state index is 11.9. The predicted octanol–water partition coefficient (Wildman–Crippen LogP) is 1.35. The highest BCUT2D eigenvalue weighted by Gasteiger charge is 2.32. The number of rotatable bonds is 2. The Morgan fingerprint density at radius 1 is 1.33 bits per heavy atom. The maximum absolute atomic E-state index is 11.9. The van der Waals surface area contributed by atoms with Crippen LogP contribution in [0.3, 0.4) is 0 Å². The first kappa shape index (κ1) is 8.95. The fourth-order valence-corrected chi connectivity index (χ4v) is 2.28. The number of aryl methyl sites for hydroxylation is 1. The standard InChI is InChI=1S/C11H15N3O/c1-13-11(15)14(9-6-7-9)10(12-13)8-4-2-3-5-8/h2-3,8-9H,4-7H2,1H3. The summed E-state index contributed by atoms with van der Waals surface area (Å²) >= 11 is 0. The Labute approximate surface area is 88.2 Å². The summed E-state index contributed by atoms with van der Waals surface area (Å²) in [6, 6.07) is 0.432. The van der Waals surface area contributed by atoms with Gasteiger partial charge in [0.15, 0.2) is 0 Å². The lowest BCUT2D eigenvalue weighted by molar-refractivity contribution is 0.594. The van der Waals surface area contributed by atoms with Gasteiger partial charge in [0.05, 0.1) is 0 Å². The summed E-state index contributed by atoms with van der Waals surface area (Å²) in [6.45, 7) is 0. The fraction of sp³-hybridized carbons (Fsp3) is 0.636. The molecule has 1 fully saturated rings. The van der Waals surface area contributed by atoms with Gasteiger partial charge in [0.1, 0.15) is 5.82 Å². The van der Waals surface area contributed by atoms with Crippen LogP contribution in [0.5, 0.6) is 0 Å². The average molecular weight is 205 g/mol. The smallest absolute Gasteiger partial charge is 0.276 e. The summed E-state index contributed by atoms with van der Waals surface area (Å²) in [5, 5.41) is 4.38. The first-order chi connectivity index (χ1) is 7.27. The molecule has 4 nitrogen and oxygen atoms in total. The quantitative estimate of drug-likeness (QED) is 0.684. The Balaban J connectivity index is 2.05. The topological polar surface area (TPSA) is 39.8 Å². The van der Waals surface area contributed by atoms with Crippen molar-refractivity contribution < 1.29 is 0 Å². The molecule has 2 aliphatic rings. The predicted molar refractivity (Wildman–Crippen MR) is 56.9 cm³/mol. The van der Waals surface area contributed by atoms with Gasteiger partial charge < -0.3 is 0 Å². The SMILES string of the molecule is Cn1nc(C2CC=CC2)n(C2CC2)c1=O. The molecule has 4 heteroatoms. The van der Waals surface area contributed by atoms with E-state index in [0.29, 0.717) is 12.0 Å². The molecule has 0 saturated heterocycles. The van der Waals surface area contributed by atoms with E-state index >= 15 is 0 Å². The van der Waals surface area contributed by atoms with E-state index in [4.69, 9.17) is 0 Å². The molecule has 0 aromatic carbocycles. The van der Waals surface area contributed by atoms with Crippen molar-refractivity contribution in [2.75, 3.05) is 0 Å². The van der Waals surface area contributed by atoms with Gasteiger partial charge in [-0.25, -0.2) is 9.48 Å². The Morgan fingerprint density at radius 2 is 2.00 bits per heavy atom. The van der Waals surface area contributed by atoms with E-state index in [-0.39, 0.29) is 5.69 Å². The second-order valence-corrected chi connectivity index (χ2v) is 4.51. The van der Waals surface area contributed by atoms with Gasteiger partial charge in [-0.05, 0) is 25.7 Å². The van der Waals surface area contributed by atoms with Crippen molar-refractivity contribution in [3.05, 3.63) is 28.5 Å². The number of nitrogens with zero attached hydrogens (tertiary/aromatic N) is 3. The van der Waals surface area contributed by atoms with Gasteiger partial charge in [0.25, 0.3) is 0 Å². The number of aromatic nitrogens is 3. The van der Waals surface area contributed by atoms with Crippen LogP contribution in [0.15, 0.2) is 16.9 Å². The molecule has 0 N–H and O–H groups in total. The molecule has 80 valence electrons. The summed E-state index contributed by atoms with van der Waals surface area (Å²) in [6.07, 6.45) is 8.70. The summed E-state index contributed by atoms with van der Waals surface area (Å²) < 4.78 is 3.39. The van der Waals surface area contributed by atoms with Gasteiger partial charge in [-0.15, -0.1) is 0 Å². The van der Waals surface area contributed by atoms with Crippen molar-refractivity contribution >= 4 is 0 Å². The van der Waals surface area contributed by atoms with Crippen molar-refractivity contribution in [3.63, 3.8) is 0 Å². The van der Waals surface area contributed by atoms with Crippen molar-refractivity contribution in [1.29, 1.82) is 0 Å². The molecule has 0 spiro atoms. The van der Waals surface area contributed by atoms with Crippen molar-refractivity contribution in [3.8, 4) is 0 Å². The maximum Gasteiger partial charge on any atom is 0.345 e. The van der Waals surface area contributed by atoms with E-state index in [1.807, 2.05) is 4.57 Å². The Bertz CT molecular complexity index is 457. The highest BCUT2D eigenvalue weighted by molar-refractivity contribution is 5.11. The van der Waals surface area contributed by atoms with E-state index in [1.165, 1.54) is 4.68 Å². The van der Waals surface area contributed by atoms with Crippen LogP contribution in [-0.2, 0) is 7.05 Å². The molecule has 0 amide bonds. The van der Waals surface area contributed by atoms with Gasteiger partial charge >= 0.3 is 5.69 Å². The van der Waals surface area contributed by atoms with E-state index in [2.05, 4.69) is 17.3 Å². The minimum atomic E-state index is 0.0550. The van der Waals surface area contributed by atoms with Crippen molar-refractivity contribution in [2.24, 2.45) is 7.05 Å². The van der Waals surface area contributed by atoms with Crippen LogP contribution in [0.2, 0.25) is 0 Å². The van der Waals surface area contributed by atoms with Gasteiger partial charge in [-0.3, -0.25) is 4.57 Å². The molecule has 0 aliphatic heterocycles. The third kappa shape index (κ3) is 1.35. The zero-order valence-corrected chi connectivity index (χ0v) is 8.89. The molecular formula is C11H15N3O. The average Bonchev–Trinajstić information content (AvgIpc) is 2.82. The molecule has 1 aromatic rings. The highest BCUT2D eigenvalue weighted by Crippen LogP contribution is 2.37. The largest absolute Gasteiger partial charge is 0.345 e. The number of allylic oxidation sites excluding steroid dienone is 2. The van der Waals surface area contributed by atoms with E-state index in [9.17, 15) is 4.79 Å². The van der Waals surface area contributed by atoms with E-state index < -0.39 is 0 Å². The zero-order valence-electron chi connectivity index (χ0n) is 8.89. The first-order valence-corrected chi connectivity index (χ1v) is 5.58. The Kier molecular flexibility index (Phi) is 1.84. The molecule has 1 saturated carbocycles. The Morgan fingerprint density at radius 3 is 2.60 bits per heavy atom. The van der Waals surface area contributed by atoms with Gasteiger partial charge in [0, 0.05) is 19.0 Å². The third-order valence-electron chi connectivity index (χ3n) is 3.27. The molecule has 1 heterocycles. The fourth-order valence-electron chi connectivity index (χ4n) is 2.28. The molecule has 0 unspecified atom stereocenters. The molecule has 2 aliphatic carbocycles. The summed E-state index contributed by atoms with van der Waals surface area (Å²) in [4.78, 5) is 11.9. The second-order valence-electron chi connectivity index (χ2n) is 4.51. The van der Waals surface area contributed by atoms with Crippen molar-refractivity contribution in [2.45, 2.75) is 37.6 Å². The second kappa shape index (κ2) is 3.08. The van der Waals surface area contributed by atoms with Crippen LogP contribution in [0.4, 0.5) is 0 Å². The molecular weight excluding hydrogens is 190 g/mol. The monoisotopic (exact) mass is 205 g/mol. The minimum Gasteiger partial charge on any atom is -0.276 e. The summed E-state index contributed by atoms with van der Waals surface area (Å²) in [7, 11) is 1.74. The Hall–Kier alpha value is -1.32. The molecule has 0 bridgehead atoms. The summed E-state index contributed by atoms with van der Waals surface area (Å²) in [5.41, 5.74) is 0.0550. The minimum absolute atomic E-state index is 0.0550. The van der Waals surface area contributed by atoms with E-state index in [1.54, 1.807) is 7.05 Å². The first-order valence-electron chi connectivity index (χ1n) is 5.58. The van der Waals surface area contributed by atoms with Crippen LogP contribution in [0.1, 0.15) is 43.5 Å². The molecule has 1 aromatic heterocycles. The lowest BCUT2D eigenvalue weighted by Crippen LogP contribution is -2.23. The third-order valence-corrected chi connectivity index (χ3v) is 3.27. The number of hydrogen-bond acceptors (Lipinski definition) is 2. The lowest BCUT2D eigenvalue weighted by atomic mass is 10.1. The van der Waals surface area contributed by atoms with Gasteiger partial charge in [0.2, 0.25) is 0 Å². The van der Waals surface area contributed by atoms with Gasteiger partial charge in [-0.2, -0.15) is 5.10 Å². The van der Waals surface area contributed by atoms with Crippen LogP contribution in [0, 0.1) is 0 Å². The highest BCUT2D eigenvalue weighted by atomic mass is 16.2.